The van der Waals surface area contributed by atoms with Crippen molar-refractivity contribution < 1.29 is 28.9 Å². The van der Waals surface area contributed by atoms with Gasteiger partial charge < -0.3 is 23.9 Å². The second-order valence-electron chi connectivity index (χ2n) is 6.33. The molecule has 0 saturated carbocycles. The van der Waals surface area contributed by atoms with Crippen molar-refractivity contribution in [1.82, 2.24) is 4.57 Å². The molecule has 0 atom stereocenters. The Morgan fingerprint density at radius 1 is 1.00 bits per heavy atom. The first-order valence-electron chi connectivity index (χ1n) is 8.74. The number of allylic oxidation sites excluding steroid dienone is 1. The number of ketones is 1. The number of carboxylic acid groups (broad SMARTS) is 1. The summed E-state index contributed by atoms with van der Waals surface area (Å²) in [7, 11) is 6.38. The van der Waals surface area contributed by atoms with E-state index in [0.717, 1.165) is 5.52 Å². The largest absolute Gasteiger partial charge is 0.496 e. The predicted molar refractivity (Wildman–Crippen MR) is 109 cm³/mol. The molecule has 150 valence electrons. The van der Waals surface area contributed by atoms with Gasteiger partial charge in [-0.25, -0.2) is 4.79 Å². The molecule has 0 aliphatic heterocycles. The number of aromatic nitrogens is 1. The molecule has 0 spiro atoms. The maximum absolute atomic E-state index is 12.9. The molecule has 0 unspecified atom stereocenters. The van der Waals surface area contributed by atoms with Gasteiger partial charge >= 0.3 is 5.97 Å². The van der Waals surface area contributed by atoms with E-state index in [2.05, 4.69) is 0 Å². The highest BCUT2D eigenvalue weighted by Crippen LogP contribution is 2.35. The number of methoxy groups -OCH3 is 3. The Bertz CT molecular complexity index is 1100. The molecule has 3 rings (SSSR count). The fourth-order valence-electron chi connectivity index (χ4n) is 3.17. The number of nitrogens with zero attached hydrogens (tertiary/aromatic N) is 1. The molecule has 0 bridgehead atoms. The van der Waals surface area contributed by atoms with Crippen molar-refractivity contribution in [3.63, 3.8) is 0 Å². The number of rotatable bonds is 7. The molecule has 1 N–H and O–H groups in total. The normalized spacial score (nSPS) is 11.0. The lowest BCUT2D eigenvalue weighted by Crippen LogP contribution is -1.98. The standard InChI is InChI=1S/C22H21NO6/c1-23-12-17(16-9-13(22(25)26)5-7-18(16)23)19(24)8-6-15-20(28-3)10-14(27-2)11-21(15)29-4/h5-12H,1-4H3,(H,25,26)/b8-6+. The molecular weight excluding hydrogens is 374 g/mol. The van der Waals surface area contributed by atoms with Crippen molar-refractivity contribution in [2.24, 2.45) is 7.05 Å². The average molecular weight is 395 g/mol. The number of carbonyl (C=O) groups excluding carboxylic acids is 1. The highest BCUT2D eigenvalue weighted by Gasteiger charge is 2.16. The summed E-state index contributed by atoms with van der Waals surface area (Å²) in [4.78, 5) is 24.2. The molecule has 0 radical (unpaired) electrons. The Labute approximate surface area is 167 Å². The van der Waals surface area contributed by atoms with Crippen LogP contribution in [0.5, 0.6) is 17.2 Å². The third kappa shape index (κ3) is 3.80. The number of benzene rings is 2. The highest BCUT2D eigenvalue weighted by atomic mass is 16.5. The van der Waals surface area contributed by atoms with E-state index in [0.29, 0.717) is 33.8 Å². The SMILES string of the molecule is COc1cc(OC)c(/C=C/C(=O)c2cn(C)c3ccc(C(=O)O)cc23)c(OC)c1. The molecule has 0 aliphatic carbocycles. The summed E-state index contributed by atoms with van der Waals surface area (Å²) in [6, 6.07) is 8.11. The Hall–Kier alpha value is -3.74. The van der Waals surface area contributed by atoms with Crippen LogP contribution in [0.3, 0.4) is 0 Å². The maximum atomic E-state index is 12.9. The fraction of sp³-hybridized carbons (Fsp3) is 0.182. The van der Waals surface area contributed by atoms with E-state index < -0.39 is 5.97 Å². The summed E-state index contributed by atoms with van der Waals surface area (Å²) in [5.74, 6) is 0.251. The highest BCUT2D eigenvalue weighted by molar-refractivity contribution is 6.15. The van der Waals surface area contributed by atoms with Crippen LogP contribution >= 0.6 is 0 Å². The lowest BCUT2D eigenvalue weighted by molar-refractivity contribution is 0.0696. The molecule has 0 amide bonds. The zero-order valence-corrected chi connectivity index (χ0v) is 16.6. The predicted octanol–water partition coefficient (Wildman–Crippen LogP) is 3.80. The Kier molecular flexibility index (Phi) is 5.59. The second-order valence-corrected chi connectivity index (χ2v) is 6.33. The Morgan fingerprint density at radius 2 is 1.66 bits per heavy atom. The van der Waals surface area contributed by atoms with Crippen LogP contribution in [-0.2, 0) is 7.05 Å². The summed E-state index contributed by atoms with van der Waals surface area (Å²) < 4.78 is 17.8. The summed E-state index contributed by atoms with van der Waals surface area (Å²) >= 11 is 0. The van der Waals surface area contributed by atoms with Gasteiger partial charge in [-0.2, -0.15) is 0 Å². The summed E-state index contributed by atoms with van der Waals surface area (Å²) in [6.45, 7) is 0. The third-order valence-electron chi connectivity index (χ3n) is 4.66. The zero-order chi connectivity index (χ0) is 21.1. The van der Waals surface area contributed by atoms with Crippen LogP contribution in [0.2, 0.25) is 0 Å². The summed E-state index contributed by atoms with van der Waals surface area (Å²) in [5.41, 5.74) is 1.90. The van der Waals surface area contributed by atoms with Gasteiger partial charge in [0, 0.05) is 41.8 Å². The second kappa shape index (κ2) is 8.10. The van der Waals surface area contributed by atoms with E-state index in [1.54, 1.807) is 49.2 Å². The van der Waals surface area contributed by atoms with E-state index in [-0.39, 0.29) is 11.3 Å². The monoisotopic (exact) mass is 395 g/mol. The molecule has 7 heteroatoms. The first-order chi connectivity index (χ1) is 13.9. The van der Waals surface area contributed by atoms with E-state index >= 15 is 0 Å². The molecule has 1 aromatic heterocycles. The maximum Gasteiger partial charge on any atom is 0.335 e. The number of ether oxygens (including phenoxy) is 3. The lowest BCUT2D eigenvalue weighted by atomic mass is 10.0. The number of fused-ring (bicyclic) bond motifs is 1. The van der Waals surface area contributed by atoms with Gasteiger partial charge in [-0.1, -0.05) is 0 Å². The van der Waals surface area contributed by atoms with Crippen LogP contribution in [0.15, 0.2) is 42.6 Å². The van der Waals surface area contributed by atoms with Crippen LogP contribution in [-0.4, -0.2) is 42.8 Å². The van der Waals surface area contributed by atoms with Gasteiger partial charge in [0.05, 0.1) is 32.5 Å². The summed E-state index contributed by atoms with van der Waals surface area (Å²) in [5, 5.41) is 9.83. The smallest absolute Gasteiger partial charge is 0.335 e. The van der Waals surface area contributed by atoms with Gasteiger partial charge in [-0.05, 0) is 30.4 Å². The van der Waals surface area contributed by atoms with Gasteiger partial charge in [0.1, 0.15) is 17.2 Å². The first kappa shape index (κ1) is 20.0. The quantitative estimate of drug-likeness (QED) is 0.484. The Balaban J connectivity index is 2.04. The lowest BCUT2D eigenvalue weighted by Gasteiger charge is -2.12. The summed E-state index contributed by atoms with van der Waals surface area (Å²) in [6.07, 6.45) is 4.71. The van der Waals surface area contributed by atoms with E-state index in [9.17, 15) is 14.7 Å². The fourth-order valence-corrected chi connectivity index (χ4v) is 3.17. The van der Waals surface area contributed by atoms with Crippen LogP contribution in [0.4, 0.5) is 0 Å². The molecule has 2 aromatic carbocycles. The van der Waals surface area contributed by atoms with Crippen molar-refractivity contribution in [1.29, 1.82) is 0 Å². The van der Waals surface area contributed by atoms with Crippen LogP contribution in [0.25, 0.3) is 17.0 Å². The molecular formula is C22H21NO6. The van der Waals surface area contributed by atoms with Gasteiger partial charge in [-0.3, -0.25) is 4.79 Å². The van der Waals surface area contributed by atoms with Crippen LogP contribution in [0.1, 0.15) is 26.3 Å². The third-order valence-corrected chi connectivity index (χ3v) is 4.66. The van der Waals surface area contributed by atoms with Gasteiger partial charge in [-0.15, -0.1) is 0 Å². The van der Waals surface area contributed by atoms with Crippen molar-refractivity contribution in [3.05, 3.63) is 59.3 Å². The topological polar surface area (TPSA) is 87.0 Å². The zero-order valence-electron chi connectivity index (χ0n) is 16.6. The first-order valence-corrected chi connectivity index (χ1v) is 8.74. The van der Waals surface area contributed by atoms with Gasteiger partial charge in [0.25, 0.3) is 0 Å². The molecule has 7 nitrogen and oxygen atoms in total. The van der Waals surface area contributed by atoms with Gasteiger partial charge in [0.2, 0.25) is 0 Å². The van der Waals surface area contributed by atoms with Crippen LogP contribution < -0.4 is 14.2 Å². The van der Waals surface area contributed by atoms with Crippen molar-refractivity contribution in [2.75, 3.05) is 21.3 Å². The Morgan fingerprint density at radius 3 is 2.21 bits per heavy atom. The number of carbonyl (C=O) groups is 2. The number of carboxylic acids is 1. The van der Waals surface area contributed by atoms with Crippen molar-refractivity contribution in [3.8, 4) is 17.2 Å². The molecule has 3 aromatic rings. The molecule has 29 heavy (non-hydrogen) atoms. The number of aromatic carboxylic acids is 1. The minimum absolute atomic E-state index is 0.125. The molecule has 0 fully saturated rings. The number of aryl methyl sites for hydroxylation is 1. The average Bonchev–Trinajstić information content (AvgIpc) is 3.07. The molecule has 0 aliphatic rings. The van der Waals surface area contributed by atoms with Crippen molar-refractivity contribution in [2.45, 2.75) is 0 Å². The van der Waals surface area contributed by atoms with Crippen molar-refractivity contribution >= 4 is 28.7 Å². The van der Waals surface area contributed by atoms with Crippen LogP contribution in [0, 0.1) is 0 Å². The number of hydrogen-bond donors (Lipinski definition) is 1. The number of hydrogen-bond acceptors (Lipinski definition) is 5. The molecule has 0 saturated heterocycles. The van der Waals surface area contributed by atoms with E-state index in [1.807, 2.05) is 0 Å². The van der Waals surface area contributed by atoms with E-state index in [4.69, 9.17) is 14.2 Å². The minimum Gasteiger partial charge on any atom is -0.496 e. The minimum atomic E-state index is -1.04. The van der Waals surface area contributed by atoms with Gasteiger partial charge in [0.15, 0.2) is 5.78 Å². The molecule has 1 heterocycles. The van der Waals surface area contributed by atoms with E-state index in [1.165, 1.54) is 32.4 Å².